The van der Waals surface area contributed by atoms with Gasteiger partial charge in [0.1, 0.15) is 0 Å². The van der Waals surface area contributed by atoms with Crippen molar-refractivity contribution in [1.82, 2.24) is 5.32 Å². The molecule has 0 bridgehead atoms. The Morgan fingerprint density at radius 3 is 0.968 bits per heavy atom. The number of aliphatic hydroxyl groups excluding tert-OH is 2. The SMILES string of the molecule is CCCCCCCCCCCCCCCC(=O)OCCCCCCCCCCCCCCCCCCCCCCCC(=O)NC(CO)C(O)CCCCCCCCCCCCCC. The van der Waals surface area contributed by atoms with E-state index in [0.717, 1.165) is 38.5 Å². The fraction of sp³-hybridized carbons (Fsp3) is 0.965. The summed E-state index contributed by atoms with van der Waals surface area (Å²) in [4.78, 5) is 24.5. The number of aliphatic hydroxyl groups is 2. The van der Waals surface area contributed by atoms with Crippen molar-refractivity contribution in [3.63, 3.8) is 0 Å². The third-order valence-electron chi connectivity index (χ3n) is 13.7. The molecule has 0 heterocycles. The van der Waals surface area contributed by atoms with Crippen LogP contribution in [0.1, 0.15) is 328 Å². The largest absolute Gasteiger partial charge is 0.466 e. The van der Waals surface area contributed by atoms with E-state index in [1.54, 1.807) is 0 Å². The monoisotopic (exact) mass is 892 g/mol. The molecule has 0 radical (unpaired) electrons. The second-order valence-corrected chi connectivity index (χ2v) is 20.0. The summed E-state index contributed by atoms with van der Waals surface area (Å²) in [7, 11) is 0. The average molecular weight is 893 g/mol. The average Bonchev–Trinajstić information content (AvgIpc) is 3.28. The van der Waals surface area contributed by atoms with E-state index in [-0.39, 0.29) is 18.5 Å². The van der Waals surface area contributed by atoms with Crippen molar-refractivity contribution in [3.05, 3.63) is 0 Å². The summed E-state index contributed by atoms with van der Waals surface area (Å²) >= 11 is 0. The lowest BCUT2D eigenvalue weighted by Gasteiger charge is -2.22. The highest BCUT2D eigenvalue weighted by atomic mass is 16.5. The Morgan fingerprint density at radius 1 is 0.381 bits per heavy atom. The van der Waals surface area contributed by atoms with Crippen LogP contribution >= 0.6 is 0 Å². The molecule has 0 saturated heterocycles. The molecule has 376 valence electrons. The number of amides is 1. The Kier molecular flexibility index (Phi) is 52.5. The van der Waals surface area contributed by atoms with Gasteiger partial charge in [-0.25, -0.2) is 0 Å². The van der Waals surface area contributed by atoms with Gasteiger partial charge in [-0.2, -0.15) is 0 Å². The van der Waals surface area contributed by atoms with Crippen LogP contribution in [0.15, 0.2) is 0 Å². The number of nitrogens with one attached hydrogen (secondary N) is 1. The molecule has 1 amide bonds. The molecule has 0 spiro atoms. The zero-order valence-corrected chi connectivity index (χ0v) is 42.8. The number of carbonyl (C=O) groups excluding carboxylic acids is 2. The maximum Gasteiger partial charge on any atom is 0.305 e. The fourth-order valence-electron chi connectivity index (χ4n) is 9.23. The summed E-state index contributed by atoms with van der Waals surface area (Å²) in [6, 6.07) is -0.539. The van der Waals surface area contributed by atoms with Crippen molar-refractivity contribution < 1.29 is 24.5 Å². The molecule has 0 aromatic rings. The van der Waals surface area contributed by atoms with Crippen LogP contribution in [0.25, 0.3) is 0 Å². The van der Waals surface area contributed by atoms with Crippen molar-refractivity contribution >= 4 is 11.9 Å². The first-order valence-corrected chi connectivity index (χ1v) is 28.8. The van der Waals surface area contributed by atoms with E-state index < -0.39 is 12.1 Å². The van der Waals surface area contributed by atoms with Gasteiger partial charge in [0, 0.05) is 12.8 Å². The molecule has 6 heteroatoms. The Bertz CT molecular complexity index is 898. The van der Waals surface area contributed by atoms with Crippen LogP contribution in [0.3, 0.4) is 0 Å². The summed E-state index contributed by atoms with van der Waals surface area (Å²) in [5.74, 6) is -0.0204. The third-order valence-corrected chi connectivity index (χ3v) is 13.7. The minimum atomic E-state index is -0.662. The second-order valence-electron chi connectivity index (χ2n) is 20.0. The lowest BCUT2D eigenvalue weighted by Crippen LogP contribution is -2.45. The first-order valence-electron chi connectivity index (χ1n) is 28.8. The van der Waals surface area contributed by atoms with Crippen LogP contribution in [0.4, 0.5) is 0 Å². The Morgan fingerprint density at radius 2 is 0.651 bits per heavy atom. The van der Waals surface area contributed by atoms with Crippen LogP contribution in [0, 0.1) is 0 Å². The summed E-state index contributed by atoms with van der Waals surface area (Å²) in [5, 5.41) is 23.2. The molecule has 0 rings (SSSR count). The summed E-state index contributed by atoms with van der Waals surface area (Å²) in [5.41, 5.74) is 0. The van der Waals surface area contributed by atoms with Crippen LogP contribution in [0.5, 0.6) is 0 Å². The first-order chi connectivity index (χ1) is 31.0. The predicted octanol–water partition coefficient (Wildman–Crippen LogP) is 17.5. The van der Waals surface area contributed by atoms with Crippen LogP contribution < -0.4 is 5.32 Å². The zero-order valence-electron chi connectivity index (χ0n) is 42.8. The molecule has 2 atom stereocenters. The van der Waals surface area contributed by atoms with Gasteiger partial charge < -0.3 is 20.3 Å². The number of hydrogen-bond acceptors (Lipinski definition) is 5. The van der Waals surface area contributed by atoms with E-state index in [4.69, 9.17) is 4.74 Å². The number of unbranched alkanes of at least 4 members (excludes halogenated alkanes) is 43. The molecule has 0 aliphatic heterocycles. The molecule has 0 saturated carbocycles. The molecule has 0 aliphatic carbocycles. The van der Waals surface area contributed by atoms with E-state index in [1.165, 1.54) is 257 Å². The predicted molar refractivity (Wildman–Crippen MR) is 274 cm³/mol. The maximum atomic E-state index is 12.4. The van der Waals surface area contributed by atoms with Gasteiger partial charge in [-0.1, -0.05) is 290 Å². The quantitative estimate of drug-likeness (QED) is 0.0418. The minimum Gasteiger partial charge on any atom is -0.466 e. The second kappa shape index (κ2) is 53.5. The van der Waals surface area contributed by atoms with Crippen molar-refractivity contribution in [1.29, 1.82) is 0 Å². The van der Waals surface area contributed by atoms with Gasteiger partial charge in [0.2, 0.25) is 5.91 Å². The number of carbonyl (C=O) groups is 2. The topological polar surface area (TPSA) is 95.9 Å². The van der Waals surface area contributed by atoms with E-state index in [2.05, 4.69) is 19.2 Å². The van der Waals surface area contributed by atoms with Gasteiger partial charge in [0.05, 0.1) is 25.4 Å². The standard InChI is InChI=1S/C57H113NO5/c1-3-5-7-9-11-13-15-26-31-35-39-43-47-51-57(62)63-52-48-44-40-36-32-28-25-23-21-19-17-18-20-22-24-27-30-34-38-42-46-50-56(61)58-54(53-59)55(60)49-45-41-37-33-29-16-14-12-10-8-6-4-2/h54-55,59-60H,3-53H2,1-2H3,(H,58,61). The number of ether oxygens (including phenoxy) is 1. The van der Waals surface area contributed by atoms with E-state index in [9.17, 15) is 19.8 Å². The molecule has 0 aromatic carbocycles. The number of rotatable bonds is 54. The maximum absolute atomic E-state index is 12.4. The normalized spacial score (nSPS) is 12.5. The number of hydrogen-bond donors (Lipinski definition) is 3. The van der Waals surface area contributed by atoms with Gasteiger partial charge in [-0.05, 0) is 25.7 Å². The molecular weight excluding hydrogens is 779 g/mol. The highest BCUT2D eigenvalue weighted by molar-refractivity contribution is 5.76. The molecular formula is C57H113NO5. The van der Waals surface area contributed by atoms with Gasteiger partial charge in [0.15, 0.2) is 0 Å². The number of esters is 1. The van der Waals surface area contributed by atoms with Crippen molar-refractivity contribution in [3.8, 4) is 0 Å². The molecule has 63 heavy (non-hydrogen) atoms. The van der Waals surface area contributed by atoms with Crippen LogP contribution in [0.2, 0.25) is 0 Å². The molecule has 2 unspecified atom stereocenters. The third kappa shape index (κ3) is 50.1. The summed E-state index contributed by atoms with van der Waals surface area (Å²) in [6.07, 6.45) is 61.0. The van der Waals surface area contributed by atoms with Crippen LogP contribution in [-0.2, 0) is 14.3 Å². The smallest absolute Gasteiger partial charge is 0.305 e. The van der Waals surface area contributed by atoms with E-state index in [0.29, 0.717) is 25.9 Å². The Labute approximate surface area is 394 Å². The minimum absolute atomic E-state index is 0.0142. The molecule has 0 aliphatic rings. The van der Waals surface area contributed by atoms with Gasteiger partial charge >= 0.3 is 5.97 Å². The van der Waals surface area contributed by atoms with Crippen molar-refractivity contribution in [2.45, 2.75) is 341 Å². The summed E-state index contributed by atoms with van der Waals surface area (Å²) in [6.45, 7) is 4.96. The fourth-order valence-corrected chi connectivity index (χ4v) is 9.23. The summed E-state index contributed by atoms with van der Waals surface area (Å²) < 4.78 is 5.48. The highest BCUT2D eigenvalue weighted by Crippen LogP contribution is 2.18. The molecule has 3 N–H and O–H groups in total. The first kappa shape index (κ1) is 61.9. The van der Waals surface area contributed by atoms with Gasteiger partial charge in [-0.3, -0.25) is 9.59 Å². The molecule has 0 fully saturated rings. The molecule has 0 aromatic heterocycles. The van der Waals surface area contributed by atoms with Crippen LogP contribution in [-0.4, -0.2) is 47.4 Å². The van der Waals surface area contributed by atoms with Gasteiger partial charge in [-0.15, -0.1) is 0 Å². The Balaban J connectivity index is 3.35. The Hall–Kier alpha value is -1.14. The lowest BCUT2D eigenvalue weighted by atomic mass is 10.0. The molecule has 6 nitrogen and oxygen atoms in total. The van der Waals surface area contributed by atoms with Crippen molar-refractivity contribution in [2.24, 2.45) is 0 Å². The lowest BCUT2D eigenvalue weighted by molar-refractivity contribution is -0.143. The highest BCUT2D eigenvalue weighted by Gasteiger charge is 2.20. The van der Waals surface area contributed by atoms with E-state index in [1.807, 2.05) is 0 Å². The van der Waals surface area contributed by atoms with Gasteiger partial charge in [0.25, 0.3) is 0 Å². The zero-order chi connectivity index (χ0) is 45.8. The van der Waals surface area contributed by atoms with Crippen molar-refractivity contribution in [2.75, 3.05) is 13.2 Å². The van der Waals surface area contributed by atoms with E-state index >= 15 is 0 Å².